The molecule has 116 valence electrons. The number of amides is 1. The molecule has 1 amide bonds. The SMILES string of the molecule is Cc1nccn1-c1ccc(C(=O)NCc2ccccc2F)nn1. The topological polar surface area (TPSA) is 72.7 Å². The first-order valence-corrected chi connectivity index (χ1v) is 7.01. The van der Waals surface area contributed by atoms with E-state index in [9.17, 15) is 9.18 Å². The summed E-state index contributed by atoms with van der Waals surface area (Å²) in [5, 5.41) is 10.5. The van der Waals surface area contributed by atoms with E-state index in [1.807, 2.05) is 6.92 Å². The van der Waals surface area contributed by atoms with E-state index in [0.29, 0.717) is 11.4 Å². The zero-order chi connectivity index (χ0) is 16.2. The predicted octanol–water partition coefficient (Wildman–Crippen LogP) is 2.04. The van der Waals surface area contributed by atoms with Gasteiger partial charge in [-0.3, -0.25) is 9.36 Å². The fourth-order valence-electron chi connectivity index (χ4n) is 2.10. The number of rotatable bonds is 4. The van der Waals surface area contributed by atoms with Gasteiger partial charge < -0.3 is 5.32 Å². The van der Waals surface area contributed by atoms with Crippen LogP contribution in [-0.4, -0.2) is 25.7 Å². The molecule has 6 nitrogen and oxygen atoms in total. The summed E-state index contributed by atoms with van der Waals surface area (Å²) in [5.74, 6) is 0.584. The van der Waals surface area contributed by atoms with Crippen LogP contribution < -0.4 is 5.32 Å². The van der Waals surface area contributed by atoms with E-state index in [4.69, 9.17) is 0 Å². The molecule has 0 saturated carbocycles. The summed E-state index contributed by atoms with van der Waals surface area (Å²) in [6, 6.07) is 9.53. The Balaban J connectivity index is 1.69. The number of nitrogens with zero attached hydrogens (tertiary/aromatic N) is 4. The summed E-state index contributed by atoms with van der Waals surface area (Å²) in [4.78, 5) is 16.1. The van der Waals surface area contributed by atoms with E-state index in [0.717, 1.165) is 5.82 Å². The van der Waals surface area contributed by atoms with Gasteiger partial charge in [-0.1, -0.05) is 18.2 Å². The molecule has 0 bridgehead atoms. The summed E-state index contributed by atoms with van der Waals surface area (Å²) in [6.07, 6.45) is 3.42. The fourth-order valence-corrected chi connectivity index (χ4v) is 2.10. The van der Waals surface area contributed by atoms with Crippen molar-refractivity contribution >= 4 is 5.91 Å². The normalized spacial score (nSPS) is 10.5. The third kappa shape index (κ3) is 3.23. The van der Waals surface area contributed by atoms with Gasteiger partial charge in [0.15, 0.2) is 11.5 Å². The molecule has 0 saturated heterocycles. The quantitative estimate of drug-likeness (QED) is 0.800. The minimum Gasteiger partial charge on any atom is -0.346 e. The number of hydrogen-bond acceptors (Lipinski definition) is 4. The Morgan fingerprint density at radius 3 is 2.70 bits per heavy atom. The Kier molecular flexibility index (Phi) is 4.09. The van der Waals surface area contributed by atoms with Gasteiger partial charge in [0.1, 0.15) is 11.6 Å². The van der Waals surface area contributed by atoms with E-state index < -0.39 is 5.91 Å². The van der Waals surface area contributed by atoms with Crippen LogP contribution in [0.4, 0.5) is 4.39 Å². The van der Waals surface area contributed by atoms with Gasteiger partial charge in [0.25, 0.3) is 5.91 Å². The molecule has 0 aliphatic rings. The summed E-state index contributed by atoms with van der Waals surface area (Å²) in [7, 11) is 0. The van der Waals surface area contributed by atoms with Crippen LogP contribution in [0.2, 0.25) is 0 Å². The maximum Gasteiger partial charge on any atom is 0.272 e. The third-order valence-electron chi connectivity index (χ3n) is 3.35. The maximum atomic E-state index is 13.5. The minimum absolute atomic E-state index is 0.0928. The molecule has 1 aromatic carbocycles. The Hall–Kier alpha value is -3.09. The molecule has 3 aromatic rings. The van der Waals surface area contributed by atoms with Crippen LogP contribution in [0.3, 0.4) is 0 Å². The number of halogens is 1. The molecular weight excluding hydrogens is 297 g/mol. The second-order valence-electron chi connectivity index (χ2n) is 4.90. The Bertz CT molecular complexity index is 828. The minimum atomic E-state index is -0.408. The van der Waals surface area contributed by atoms with Crippen molar-refractivity contribution in [3.63, 3.8) is 0 Å². The smallest absolute Gasteiger partial charge is 0.272 e. The molecule has 7 heteroatoms. The Morgan fingerprint density at radius 2 is 2.04 bits per heavy atom. The molecular formula is C16H14FN5O. The van der Waals surface area contributed by atoms with Gasteiger partial charge in [-0.2, -0.15) is 0 Å². The van der Waals surface area contributed by atoms with Gasteiger partial charge >= 0.3 is 0 Å². The van der Waals surface area contributed by atoms with Crippen molar-refractivity contribution in [3.05, 3.63) is 71.7 Å². The van der Waals surface area contributed by atoms with Crippen LogP contribution in [0.5, 0.6) is 0 Å². The Labute approximate surface area is 132 Å². The first-order valence-electron chi connectivity index (χ1n) is 7.01. The molecule has 2 aromatic heterocycles. The van der Waals surface area contributed by atoms with Crippen molar-refractivity contribution in [3.8, 4) is 5.82 Å². The molecule has 0 atom stereocenters. The number of carbonyl (C=O) groups excluding carboxylic acids is 1. The zero-order valence-electron chi connectivity index (χ0n) is 12.4. The molecule has 0 radical (unpaired) electrons. The van der Waals surface area contributed by atoms with Crippen LogP contribution in [0.1, 0.15) is 21.9 Å². The average Bonchev–Trinajstić information content (AvgIpc) is 3.00. The van der Waals surface area contributed by atoms with Crippen molar-refractivity contribution in [1.29, 1.82) is 0 Å². The number of carbonyl (C=O) groups is 1. The van der Waals surface area contributed by atoms with Crippen molar-refractivity contribution in [1.82, 2.24) is 25.1 Å². The molecule has 2 heterocycles. The monoisotopic (exact) mass is 311 g/mol. The highest BCUT2D eigenvalue weighted by Gasteiger charge is 2.10. The Morgan fingerprint density at radius 1 is 1.22 bits per heavy atom. The number of nitrogens with one attached hydrogen (secondary N) is 1. The van der Waals surface area contributed by atoms with Crippen LogP contribution >= 0.6 is 0 Å². The first-order chi connectivity index (χ1) is 11.1. The highest BCUT2D eigenvalue weighted by atomic mass is 19.1. The van der Waals surface area contributed by atoms with E-state index in [2.05, 4.69) is 20.5 Å². The second-order valence-corrected chi connectivity index (χ2v) is 4.90. The van der Waals surface area contributed by atoms with Gasteiger partial charge in [-0.25, -0.2) is 9.37 Å². The molecule has 0 fully saturated rings. The van der Waals surface area contributed by atoms with Crippen LogP contribution in [0.15, 0.2) is 48.8 Å². The fraction of sp³-hybridized carbons (Fsp3) is 0.125. The number of aromatic nitrogens is 4. The largest absolute Gasteiger partial charge is 0.346 e. The molecule has 1 N–H and O–H groups in total. The molecule has 0 spiro atoms. The summed E-state index contributed by atoms with van der Waals surface area (Å²) in [5.41, 5.74) is 0.585. The van der Waals surface area contributed by atoms with Crippen LogP contribution in [0, 0.1) is 12.7 Å². The molecule has 23 heavy (non-hydrogen) atoms. The number of imidazole rings is 1. The summed E-state index contributed by atoms with van der Waals surface area (Å²) in [6.45, 7) is 1.94. The van der Waals surface area contributed by atoms with Crippen molar-refractivity contribution in [2.45, 2.75) is 13.5 Å². The van der Waals surface area contributed by atoms with Gasteiger partial charge in [0.05, 0.1) is 0 Å². The van der Waals surface area contributed by atoms with Crippen molar-refractivity contribution < 1.29 is 9.18 Å². The third-order valence-corrected chi connectivity index (χ3v) is 3.35. The lowest BCUT2D eigenvalue weighted by Crippen LogP contribution is -2.24. The average molecular weight is 311 g/mol. The molecule has 0 aliphatic carbocycles. The lowest BCUT2D eigenvalue weighted by molar-refractivity contribution is 0.0944. The van der Waals surface area contributed by atoms with Crippen LogP contribution in [0.25, 0.3) is 5.82 Å². The maximum absolute atomic E-state index is 13.5. The zero-order valence-corrected chi connectivity index (χ0v) is 12.4. The van der Waals surface area contributed by atoms with Gasteiger partial charge in [-0.15, -0.1) is 10.2 Å². The summed E-state index contributed by atoms with van der Waals surface area (Å²) < 4.78 is 15.3. The van der Waals surface area contributed by atoms with Gasteiger partial charge in [0.2, 0.25) is 0 Å². The van der Waals surface area contributed by atoms with Crippen molar-refractivity contribution in [2.75, 3.05) is 0 Å². The first kappa shape index (κ1) is 14.8. The molecule has 0 unspecified atom stereocenters. The molecule has 0 aliphatic heterocycles. The number of aryl methyl sites for hydroxylation is 1. The lowest BCUT2D eigenvalue weighted by atomic mass is 10.2. The van der Waals surface area contributed by atoms with E-state index >= 15 is 0 Å². The highest BCUT2D eigenvalue weighted by molar-refractivity contribution is 5.92. The van der Waals surface area contributed by atoms with E-state index in [-0.39, 0.29) is 18.1 Å². The van der Waals surface area contributed by atoms with E-state index in [1.54, 1.807) is 47.3 Å². The summed E-state index contributed by atoms with van der Waals surface area (Å²) >= 11 is 0. The second kappa shape index (κ2) is 6.35. The van der Waals surface area contributed by atoms with Crippen molar-refractivity contribution in [2.24, 2.45) is 0 Å². The standard InChI is InChI=1S/C16H14FN5O/c1-11-18-8-9-22(11)15-7-6-14(20-21-15)16(23)19-10-12-4-2-3-5-13(12)17/h2-9H,10H2,1H3,(H,19,23). The highest BCUT2D eigenvalue weighted by Crippen LogP contribution is 2.08. The lowest BCUT2D eigenvalue weighted by Gasteiger charge is -2.06. The van der Waals surface area contributed by atoms with Crippen LogP contribution in [-0.2, 0) is 6.54 Å². The number of hydrogen-bond donors (Lipinski definition) is 1. The number of benzene rings is 1. The van der Waals surface area contributed by atoms with Gasteiger partial charge in [0, 0.05) is 24.5 Å². The predicted molar refractivity (Wildman–Crippen MR) is 81.5 cm³/mol. The molecule has 3 rings (SSSR count). The van der Waals surface area contributed by atoms with E-state index in [1.165, 1.54) is 6.07 Å². The van der Waals surface area contributed by atoms with Gasteiger partial charge in [-0.05, 0) is 25.1 Å².